The molecule has 0 spiro atoms. The SMILES string of the molecule is COCC1(O)CS(=O)(=O)C1. The van der Waals surface area contributed by atoms with Crippen molar-refractivity contribution in [2.75, 3.05) is 25.2 Å². The zero-order chi connectivity index (χ0) is 7.83. The van der Waals surface area contributed by atoms with E-state index in [9.17, 15) is 13.5 Å². The van der Waals surface area contributed by atoms with Gasteiger partial charge in [0.15, 0.2) is 9.84 Å². The Morgan fingerprint density at radius 1 is 1.60 bits per heavy atom. The molecule has 0 bridgehead atoms. The van der Waals surface area contributed by atoms with E-state index in [1.54, 1.807) is 0 Å². The average molecular weight is 166 g/mol. The van der Waals surface area contributed by atoms with Crippen molar-refractivity contribution in [1.82, 2.24) is 0 Å². The topological polar surface area (TPSA) is 63.6 Å². The molecule has 4 nitrogen and oxygen atoms in total. The molecular weight excluding hydrogens is 156 g/mol. The van der Waals surface area contributed by atoms with Crippen LogP contribution in [0.25, 0.3) is 0 Å². The second kappa shape index (κ2) is 2.18. The van der Waals surface area contributed by atoms with E-state index in [2.05, 4.69) is 4.74 Å². The minimum Gasteiger partial charge on any atom is -0.385 e. The summed E-state index contributed by atoms with van der Waals surface area (Å²) < 4.78 is 25.8. The Morgan fingerprint density at radius 3 is 2.40 bits per heavy atom. The third kappa shape index (κ3) is 1.47. The molecule has 1 N–H and O–H groups in total. The van der Waals surface area contributed by atoms with Gasteiger partial charge in [-0.1, -0.05) is 0 Å². The molecule has 1 aliphatic rings. The highest BCUT2D eigenvalue weighted by atomic mass is 32.2. The molecule has 0 aromatic rings. The molecule has 1 heterocycles. The molecule has 0 aliphatic carbocycles. The first kappa shape index (κ1) is 7.97. The summed E-state index contributed by atoms with van der Waals surface area (Å²) in [5, 5.41) is 9.24. The van der Waals surface area contributed by atoms with Crippen LogP contribution in [0.15, 0.2) is 0 Å². The molecule has 1 saturated heterocycles. The molecule has 60 valence electrons. The Kier molecular flexibility index (Phi) is 1.74. The highest BCUT2D eigenvalue weighted by Gasteiger charge is 2.47. The molecule has 0 aromatic carbocycles. The standard InChI is InChI=1S/C5H10O4S/c1-9-2-5(6)3-10(7,8)4-5/h6H,2-4H2,1H3. The van der Waals surface area contributed by atoms with Gasteiger partial charge in [0.25, 0.3) is 0 Å². The first-order valence-corrected chi connectivity index (χ1v) is 4.71. The molecule has 0 atom stereocenters. The second-order valence-electron chi connectivity index (χ2n) is 2.69. The second-order valence-corrected chi connectivity index (χ2v) is 4.75. The van der Waals surface area contributed by atoms with Crippen molar-refractivity contribution >= 4 is 9.84 Å². The van der Waals surface area contributed by atoms with Crippen LogP contribution in [0.4, 0.5) is 0 Å². The monoisotopic (exact) mass is 166 g/mol. The number of ether oxygens (including phenoxy) is 1. The maximum Gasteiger partial charge on any atom is 0.156 e. The Bertz CT molecular complexity index is 206. The van der Waals surface area contributed by atoms with Crippen molar-refractivity contribution < 1.29 is 18.3 Å². The van der Waals surface area contributed by atoms with E-state index in [0.717, 1.165) is 0 Å². The van der Waals surface area contributed by atoms with Gasteiger partial charge >= 0.3 is 0 Å². The summed E-state index contributed by atoms with van der Waals surface area (Å²) in [6.07, 6.45) is 0. The van der Waals surface area contributed by atoms with Crippen LogP contribution in [0.1, 0.15) is 0 Å². The molecule has 1 aliphatic heterocycles. The number of rotatable bonds is 2. The van der Waals surface area contributed by atoms with Crippen LogP contribution < -0.4 is 0 Å². The molecule has 0 aromatic heterocycles. The third-order valence-electron chi connectivity index (χ3n) is 1.39. The Morgan fingerprint density at radius 2 is 2.10 bits per heavy atom. The molecule has 0 saturated carbocycles. The van der Waals surface area contributed by atoms with E-state index in [4.69, 9.17) is 0 Å². The Balaban J connectivity index is 2.49. The van der Waals surface area contributed by atoms with Gasteiger partial charge in [0.05, 0.1) is 18.1 Å². The van der Waals surface area contributed by atoms with E-state index >= 15 is 0 Å². The van der Waals surface area contributed by atoms with Gasteiger partial charge in [-0.2, -0.15) is 0 Å². The molecule has 10 heavy (non-hydrogen) atoms. The van der Waals surface area contributed by atoms with Crippen molar-refractivity contribution in [2.45, 2.75) is 5.60 Å². The van der Waals surface area contributed by atoms with E-state index in [0.29, 0.717) is 0 Å². The predicted molar refractivity (Wildman–Crippen MR) is 35.5 cm³/mol. The third-order valence-corrected chi connectivity index (χ3v) is 3.34. The number of hydrogen-bond donors (Lipinski definition) is 1. The van der Waals surface area contributed by atoms with Crippen molar-refractivity contribution in [1.29, 1.82) is 0 Å². The molecule has 0 radical (unpaired) electrons. The van der Waals surface area contributed by atoms with E-state index in [-0.39, 0.29) is 18.1 Å². The highest BCUT2D eigenvalue weighted by Crippen LogP contribution is 2.23. The van der Waals surface area contributed by atoms with Crippen LogP contribution in [0, 0.1) is 0 Å². The number of sulfone groups is 1. The van der Waals surface area contributed by atoms with Gasteiger partial charge in [-0.15, -0.1) is 0 Å². The summed E-state index contributed by atoms with van der Waals surface area (Å²) in [4.78, 5) is 0. The zero-order valence-corrected chi connectivity index (χ0v) is 6.52. The summed E-state index contributed by atoms with van der Waals surface area (Å²) in [6.45, 7) is 0.103. The quantitative estimate of drug-likeness (QED) is 0.559. The lowest BCUT2D eigenvalue weighted by Crippen LogP contribution is -2.57. The number of hydrogen-bond acceptors (Lipinski definition) is 4. The van der Waals surface area contributed by atoms with E-state index in [1.807, 2.05) is 0 Å². The molecular formula is C5H10O4S. The van der Waals surface area contributed by atoms with Crippen molar-refractivity contribution in [3.8, 4) is 0 Å². The summed E-state index contributed by atoms with van der Waals surface area (Å²) in [6, 6.07) is 0. The van der Waals surface area contributed by atoms with E-state index in [1.165, 1.54) is 7.11 Å². The molecule has 0 unspecified atom stereocenters. The van der Waals surface area contributed by atoms with Crippen LogP contribution in [-0.4, -0.2) is 44.3 Å². The van der Waals surface area contributed by atoms with Gasteiger partial charge in [-0.3, -0.25) is 0 Å². The Hall–Kier alpha value is -0.130. The summed E-state index contributed by atoms with van der Waals surface area (Å²) >= 11 is 0. The molecule has 1 fully saturated rings. The molecule has 5 heteroatoms. The van der Waals surface area contributed by atoms with Crippen LogP contribution in [-0.2, 0) is 14.6 Å². The zero-order valence-electron chi connectivity index (χ0n) is 5.70. The van der Waals surface area contributed by atoms with Gasteiger partial charge in [0, 0.05) is 7.11 Å². The van der Waals surface area contributed by atoms with Gasteiger partial charge in [-0.25, -0.2) is 8.42 Å². The smallest absolute Gasteiger partial charge is 0.156 e. The lowest BCUT2D eigenvalue weighted by atomic mass is 10.1. The summed E-state index contributed by atoms with van der Waals surface area (Å²) in [5.74, 6) is -0.318. The number of aliphatic hydroxyl groups is 1. The van der Waals surface area contributed by atoms with Crippen molar-refractivity contribution in [3.05, 3.63) is 0 Å². The minimum atomic E-state index is -2.94. The van der Waals surface area contributed by atoms with E-state index < -0.39 is 15.4 Å². The molecule has 1 rings (SSSR count). The van der Waals surface area contributed by atoms with Gasteiger partial charge in [0.2, 0.25) is 0 Å². The minimum absolute atomic E-state index is 0.103. The van der Waals surface area contributed by atoms with Gasteiger partial charge in [-0.05, 0) is 0 Å². The Labute approximate surface area is 59.7 Å². The number of methoxy groups -OCH3 is 1. The first-order chi connectivity index (χ1) is 4.47. The van der Waals surface area contributed by atoms with Crippen LogP contribution in [0.3, 0.4) is 0 Å². The van der Waals surface area contributed by atoms with Crippen LogP contribution >= 0.6 is 0 Å². The average Bonchev–Trinajstić information content (AvgIpc) is 1.58. The van der Waals surface area contributed by atoms with Gasteiger partial charge in [0.1, 0.15) is 5.60 Å². The normalized spacial score (nSPS) is 27.4. The maximum absolute atomic E-state index is 10.6. The fourth-order valence-electron chi connectivity index (χ4n) is 1.13. The lowest BCUT2D eigenvalue weighted by Gasteiger charge is -2.34. The van der Waals surface area contributed by atoms with Crippen LogP contribution in [0.2, 0.25) is 0 Å². The highest BCUT2D eigenvalue weighted by molar-refractivity contribution is 7.93. The molecule has 0 amide bonds. The summed E-state index contributed by atoms with van der Waals surface area (Å²) in [7, 11) is -1.51. The summed E-state index contributed by atoms with van der Waals surface area (Å²) in [5.41, 5.74) is -1.10. The maximum atomic E-state index is 10.6. The van der Waals surface area contributed by atoms with Crippen LogP contribution in [0.5, 0.6) is 0 Å². The largest absolute Gasteiger partial charge is 0.385 e. The fraction of sp³-hybridized carbons (Fsp3) is 1.00. The van der Waals surface area contributed by atoms with Crippen molar-refractivity contribution in [2.24, 2.45) is 0 Å². The van der Waals surface area contributed by atoms with Crippen molar-refractivity contribution in [3.63, 3.8) is 0 Å². The lowest BCUT2D eigenvalue weighted by molar-refractivity contribution is -0.00762. The fourth-order valence-corrected chi connectivity index (χ4v) is 2.85. The van der Waals surface area contributed by atoms with Gasteiger partial charge < -0.3 is 9.84 Å². The first-order valence-electron chi connectivity index (χ1n) is 2.89. The predicted octanol–water partition coefficient (Wildman–Crippen LogP) is -1.21.